The van der Waals surface area contributed by atoms with Crippen molar-refractivity contribution in [2.24, 2.45) is 28.1 Å². The lowest BCUT2D eigenvalue weighted by Crippen LogP contribution is -2.46. The molecule has 2 amide bonds. The number of carbonyl (C=O) groups excluding carboxylic acids is 4. The summed E-state index contributed by atoms with van der Waals surface area (Å²) in [5.74, 6) is -1.18. The van der Waals surface area contributed by atoms with Gasteiger partial charge >= 0.3 is 0 Å². The number of carbonyl (C=O) groups is 4. The van der Waals surface area contributed by atoms with E-state index in [0.29, 0.717) is 51.7 Å². The van der Waals surface area contributed by atoms with Crippen LogP contribution >= 0.6 is 0 Å². The summed E-state index contributed by atoms with van der Waals surface area (Å²) < 4.78 is 0. The first-order valence-electron chi connectivity index (χ1n) is 15.0. The predicted molar refractivity (Wildman–Crippen MR) is 166 cm³/mol. The number of likely N-dealkylation sites (N-methyl/N-ethyl adjacent to an activating group) is 1. The number of guanidine groups is 1. The topological polar surface area (TPSA) is 165 Å². The molecule has 0 radical (unpaired) electrons. The van der Waals surface area contributed by atoms with Gasteiger partial charge in [0.25, 0.3) is 0 Å². The first kappa shape index (κ1) is 32.7. The van der Waals surface area contributed by atoms with Crippen LogP contribution in [0.4, 0.5) is 0 Å². The zero-order valence-electron chi connectivity index (χ0n) is 25.0. The molecule has 1 fully saturated rings. The van der Waals surface area contributed by atoms with Crippen LogP contribution in [-0.2, 0) is 25.6 Å². The highest BCUT2D eigenvalue weighted by atomic mass is 16.2. The first-order valence-corrected chi connectivity index (χ1v) is 15.0. The van der Waals surface area contributed by atoms with Crippen LogP contribution in [0.5, 0.6) is 0 Å². The average Bonchev–Trinajstić information content (AvgIpc) is 3.46. The van der Waals surface area contributed by atoms with Gasteiger partial charge in [-0.25, -0.2) is 0 Å². The molecule has 10 heteroatoms. The van der Waals surface area contributed by atoms with Crippen molar-refractivity contribution >= 4 is 40.1 Å². The molecular formula is C32H46N6O4. The van der Waals surface area contributed by atoms with Crippen molar-refractivity contribution in [3.05, 3.63) is 48.0 Å². The van der Waals surface area contributed by atoms with Crippen molar-refractivity contribution in [2.75, 3.05) is 26.7 Å². The molecular weight excluding hydrogens is 532 g/mol. The SMILES string of the molecule is CC(=O)[C@H](CCCN=C(N)N)N(C)C(=O)[C@H](CCCCN)CC(=O)[C@@H]1CCCN1C(=O)Cc1cccc2ccccc12. The Morgan fingerprint density at radius 1 is 1.02 bits per heavy atom. The van der Waals surface area contributed by atoms with Gasteiger partial charge in [-0.3, -0.25) is 24.2 Å². The Balaban J connectivity index is 1.71. The van der Waals surface area contributed by atoms with Crippen molar-refractivity contribution in [1.29, 1.82) is 0 Å². The highest BCUT2D eigenvalue weighted by Gasteiger charge is 2.37. The molecule has 0 aromatic heterocycles. The average molecular weight is 579 g/mol. The summed E-state index contributed by atoms with van der Waals surface area (Å²) in [6.45, 7) is 2.83. The Hall–Kier alpha value is -3.79. The molecule has 3 atom stereocenters. The lowest BCUT2D eigenvalue weighted by molar-refractivity contribution is -0.144. The number of nitrogens with two attached hydrogens (primary N) is 3. The number of ketones is 2. The van der Waals surface area contributed by atoms with Crippen LogP contribution in [0.25, 0.3) is 10.8 Å². The molecule has 1 aliphatic heterocycles. The van der Waals surface area contributed by atoms with Gasteiger partial charge in [0.1, 0.15) is 0 Å². The van der Waals surface area contributed by atoms with Crippen molar-refractivity contribution < 1.29 is 19.2 Å². The maximum absolute atomic E-state index is 13.7. The lowest BCUT2D eigenvalue weighted by atomic mass is 9.90. The van der Waals surface area contributed by atoms with Gasteiger partial charge in [-0.2, -0.15) is 0 Å². The van der Waals surface area contributed by atoms with Gasteiger partial charge in [0.15, 0.2) is 17.5 Å². The number of amides is 2. The van der Waals surface area contributed by atoms with E-state index >= 15 is 0 Å². The van der Waals surface area contributed by atoms with Crippen LogP contribution < -0.4 is 17.2 Å². The third-order valence-corrected chi connectivity index (χ3v) is 8.18. The molecule has 10 nitrogen and oxygen atoms in total. The number of hydrogen-bond donors (Lipinski definition) is 3. The standard InChI is InChI=1S/C32H46N6O4/c1-22(39)27(15-8-18-36-32(34)35)37(2)31(42)25(11-5-6-17-33)20-29(40)28-16-9-19-38(28)30(41)21-24-13-7-12-23-10-3-4-14-26(23)24/h3-4,7,10,12-14,25,27-28H,5-6,8-9,11,15-21,33H2,1-2H3,(H4,34,35,36)/t25-,27+,28+/m1/s1. The summed E-state index contributed by atoms with van der Waals surface area (Å²) in [7, 11) is 1.62. The largest absolute Gasteiger partial charge is 0.370 e. The number of unbranched alkanes of at least 4 members (excludes halogenated alkanes) is 1. The Bertz CT molecular complexity index is 1270. The van der Waals surface area contributed by atoms with Crippen LogP contribution in [0.3, 0.4) is 0 Å². The van der Waals surface area contributed by atoms with E-state index in [4.69, 9.17) is 17.2 Å². The number of benzene rings is 2. The van der Waals surface area contributed by atoms with E-state index in [0.717, 1.165) is 29.2 Å². The number of nitrogens with zero attached hydrogens (tertiary/aromatic N) is 3. The summed E-state index contributed by atoms with van der Waals surface area (Å²) in [5, 5.41) is 2.10. The van der Waals surface area contributed by atoms with Crippen molar-refractivity contribution in [3.63, 3.8) is 0 Å². The second-order valence-corrected chi connectivity index (χ2v) is 11.2. The van der Waals surface area contributed by atoms with Crippen LogP contribution in [0.1, 0.15) is 63.9 Å². The van der Waals surface area contributed by atoms with E-state index in [2.05, 4.69) is 4.99 Å². The molecule has 1 aliphatic rings. The van der Waals surface area contributed by atoms with Crippen molar-refractivity contribution in [3.8, 4) is 0 Å². The maximum Gasteiger partial charge on any atom is 0.227 e. The molecule has 6 N–H and O–H groups in total. The highest BCUT2D eigenvalue weighted by Crippen LogP contribution is 2.27. The fourth-order valence-electron chi connectivity index (χ4n) is 5.94. The van der Waals surface area contributed by atoms with E-state index in [1.165, 1.54) is 11.8 Å². The Kier molecular flexibility index (Phi) is 12.5. The maximum atomic E-state index is 13.7. The summed E-state index contributed by atoms with van der Waals surface area (Å²) in [6, 6.07) is 12.7. The zero-order chi connectivity index (χ0) is 30.6. The molecule has 2 aromatic carbocycles. The highest BCUT2D eigenvalue weighted by molar-refractivity contribution is 5.96. The van der Waals surface area contributed by atoms with Gasteiger partial charge < -0.3 is 27.0 Å². The van der Waals surface area contributed by atoms with Crippen molar-refractivity contribution in [2.45, 2.75) is 76.8 Å². The second kappa shape index (κ2) is 16.0. The quantitative estimate of drug-likeness (QED) is 0.156. The molecule has 0 aliphatic carbocycles. The fourth-order valence-corrected chi connectivity index (χ4v) is 5.94. The van der Waals surface area contributed by atoms with E-state index in [1.54, 1.807) is 11.9 Å². The number of rotatable bonds is 16. The normalized spacial score (nSPS) is 16.2. The van der Waals surface area contributed by atoms with Gasteiger partial charge in [0.2, 0.25) is 11.8 Å². The third kappa shape index (κ3) is 8.85. The van der Waals surface area contributed by atoms with Gasteiger partial charge in [-0.1, -0.05) is 48.9 Å². The van der Waals surface area contributed by atoms with Crippen LogP contribution in [0.15, 0.2) is 47.5 Å². The molecule has 0 bridgehead atoms. The van der Waals surface area contributed by atoms with Crippen LogP contribution in [0.2, 0.25) is 0 Å². The minimum atomic E-state index is -0.635. The summed E-state index contributed by atoms with van der Waals surface area (Å²) in [5.41, 5.74) is 17.4. The first-order chi connectivity index (χ1) is 20.1. The van der Waals surface area contributed by atoms with Gasteiger partial charge in [0.05, 0.1) is 18.5 Å². The summed E-state index contributed by atoms with van der Waals surface area (Å²) in [4.78, 5) is 60.4. The summed E-state index contributed by atoms with van der Waals surface area (Å²) >= 11 is 0. The lowest BCUT2D eigenvalue weighted by Gasteiger charge is -2.31. The molecule has 1 saturated heterocycles. The number of hydrogen-bond acceptors (Lipinski definition) is 6. The molecule has 0 saturated carbocycles. The molecule has 3 rings (SSSR count). The van der Waals surface area contributed by atoms with Crippen molar-refractivity contribution in [1.82, 2.24) is 9.80 Å². The van der Waals surface area contributed by atoms with E-state index < -0.39 is 18.0 Å². The third-order valence-electron chi connectivity index (χ3n) is 8.18. The summed E-state index contributed by atoms with van der Waals surface area (Å²) in [6.07, 6.45) is 4.42. The molecule has 1 heterocycles. The number of aliphatic imine (C=N–C) groups is 1. The van der Waals surface area contributed by atoms with Gasteiger partial charge in [-0.05, 0) is 68.3 Å². The predicted octanol–water partition coefficient (Wildman–Crippen LogP) is 2.55. The Labute approximate surface area is 248 Å². The fraction of sp³-hybridized carbons (Fsp3) is 0.531. The number of Topliss-reactive ketones (excluding diaryl/α,β-unsaturated/α-hetero) is 2. The number of fused-ring (bicyclic) bond motifs is 1. The molecule has 42 heavy (non-hydrogen) atoms. The minimum Gasteiger partial charge on any atom is -0.370 e. The van der Waals surface area contributed by atoms with Crippen LogP contribution in [-0.4, -0.2) is 77.9 Å². The van der Waals surface area contributed by atoms with E-state index in [9.17, 15) is 19.2 Å². The smallest absolute Gasteiger partial charge is 0.227 e. The van der Waals surface area contributed by atoms with Gasteiger partial charge in [-0.15, -0.1) is 0 Å². The Morgan fingerprint density at radius 2 is 1.76 bits per heavy atom. The molecule has 2 aromatic rings. The molecule has 0 spiro atoms. The zero-order valence-corrected chi connectivity index (χ0v) is 25.0. The van der Waals surface area contributed by atoms with Gasteiger partial charge in [0, 0.05) is 32.5 Å². The minimum absolute atomic E-state index is 0.0196. The monoisotopic (exact) mass is 578 g/mol. The second-order valence-electron chi connectivity index (χ2n) is 11.2. The van der Waals surface area contributed by atoms with E-state index in [-0.39, 0.29) is 42.2 Å². The molecule has 228 valence electrons. The van der Waals surface area contributed by atoms with Crippen LogP contribution in [0, 0.1) is 5.92 Å². The Morgan fingerprint density at radius 3 is 2.48 bits per heavy atom. The van der Waals surface area contributed by atoms with E-state index in [1.807, 2.05) is 42.5 Å². The molecule has 0 unspecified atom stereocenters. The number of likely N-dealkylation sites (tertiary alicyclic amines) is 1.